The number of hydrogen-bond donors (Lipinski definition) is 0. The Morgan fingerprint density at radius 2 is 1.38 bits per heavy atom. The summed E-state index contributed by atoms with van der Waals surface area (Å²) >= 11 is 0. The van der Waals surface area contributed by atoms with Crippen LogP contribution in [0.5, 0.6) is 11.5 Å². The Hall–Kier alpha value is -5.95. The Balaban J connectivity index is 1.55. The zero-order valence-corrected chi connectivity index (χ0v) is 28.6. The van der Waals surface area contributed by atoms with Crippen molar-refractivity contribution in [3.8, 4) is 39.6 Å². The highest BCUT2D eigenvalue weighted by atomic mass is 16.5. The summed E-state index contributed by atoms with van der Waals surface area (Å²) in [7, 11) is 0. The van der Waals surface area contributed by atoms with Gasteiger partial charge in [-0.1, -0.05) is 74.5 Å². The smallest absolute Gasteiger partial charge is 0.194 e. The largest absolute Gasteiger partial charge is 0.494 e. The van der Waals surface area contributed by atoms with Gasteiger partial charge in [0, 0.05) is 34.9 Å². The van der Waals surface area contributed by atoms with Crippen LogP contribution in [0.25, 0.3) is 44.6 Å². The molecule has 0 unspecified atom stereocenters. The highest BCUT2D eigenvalue weighted by molar-refractivity contribution is 6.27. The van der Waals surface area contributed by atoms with Crippen molar-refractivity contribution in [2.75, 3.05) is 13.2 Å². The van der Waals surface area contributed by atoms with Crippen molar-refractivity contribution < 1.29 is 19.1 Å². The highest BCUT2D eigenvalue weighted by Crippen LogP contribution is 2.49. The molecule has 0 fully saturated rings. The molecule has 0 spiro atoms. The van der Waals surface area contributed by atoms with Crippen LogP contribution in [0, 0.1) is 0 Å². The number of benzene rings is 4. The van der Waals surface area contributed by atoms with Crippen LogP contribution in [0.3, 0.4) is 0 Å². The maximum Gasteiger partial charge on any atom is 0.194 e. The van der Waals surface area contributed by atoms with Gasteiger partial charge in [-0.2, -0.15) is 5.10 Å². The van der Waals surface area contributed by atoms with E-state index in [0.717, 1.165) is 39.2 Å². The van der Waals surface area contributed by atoms with Crippen LogP contribution in [0.2, 0.25) is 0 Å². The Kier molecular flexibility index (Phi) is 7.63. The molecule has 0 bridgehead atoms. The predicted octanol–water partition coefficient (Wildman–Crippen LogP) is 9.50. The average Bonchev–Trinajstić information content (AvgIpc) is 3.73. The van der Waals surface area contributed by atoms with E-state index in [-0.39, 0.29) is 18.0 Å². The molecular weight excluding hydrogens is 622 g/mol. The van der Waals surface area contributed by atoms with Crippen molar-refractivity contribution in [2.24, 2.45) is 0 Å². The van der Waals surface area contributed by atoms with E-state index in [0.29, 0.717) is 52.4 Å². The number of ether oxygens (including phenoxy) is 2. The quantitative estimate of drug-likeness (QED) is 0.144. The van der Waals surface area contributed by atoms with Gasteiger partial charge in [-0.05, 0) is 78.9 Å². The zero-order valence-electron chi connectivity index (χ0n) is 28.6. The molecule has 248 valence electrons. The van der Waals surface area contributed by atoms with Gasteiger partial charge >= 0.3 is 0 Å². The Morgan fingerprint density at radius 1 is 0.780 bits per heavy atom. The van der Waals surface area contributed by atoms with E-state index >= 15 is 4.79 Å². The molecule has 0 radical (unpaired) electrons. The number of aromatic nitrogens is 3. The van der Waals surface area contributed by atoms with Crippen molar-refractivity contribution in [3.05, 3.63) is 138 Å². The summed E-state index contributed by atoms with van der Waals surface area (Å²) in [6.07, 6.45) is 2.37. The average molecular weight is 660 g/mol. The van der Waals surface area contributed by atoms with Crippen LogP contribution < -0.4 is 9.47 Å². The number of fused-ring (bicyclic) bond motifs is 2. The lowest BCUT2D eigenvalue weighted by Crippen LogP contribution is -2.29. The first kappa shape index (κ1) is 31.3. The lowest BCUT2D eigenvalue weighted by molar-refractivity contribution is 0.0943. The molecule has 50 heavy (non-hydrogen) atoms. The molecule has 0 aliphatic heterocycles. The number of Topliss-reactive ketones (excluding diaryl/α,β-unsaturated/α-hetero) is 1. The normalized spacial score (nSPS) is 13.6. The molecule has 0 saturated carbocycles. The van der Waals surface area contributed by atoms with Crippen LogP contribution in [-0.4, -0.2) is 39.0 Å². The summed E-state index contributed by atoms with van der Waals surface area (Å²) in [5.41, 5.74) is 7.58. The standard InChI is InChI=1S/C43H37N3O4/c1-5-49-31-21-17-27(18-22-31)33-26-45-40-35(34(47)25-43(3,4)38(33)40)36(41(48)29-19-23-32(24-20-29)50-6-2)37-39(28-13-9-7-10-14-28)44-46(42(37)45)30-15-11-8-12-16-30/h7-24,26H,5-6,25H2,1-4H3. The van der Waals surface area contributed by atoms with Crippen LogP contribution in [0.15, 0.2) is 115 Å². The zero-order chi connectivity index (χ0) is 34.6. The fourth-order valence-electron chi connectivity index (χ4n) is 7.46. The number of rotatable bonds is 9. The lowest BCUT2D eigenvalue weighted by Gasteiger charge is -2.31. The van der Waals surface area contributed by atoms with E-state index in [2.05, 4.69) is 36.6 Å². The second kappa shape index (κ2) is 12.2. The molecule has 4 aromatic carbocycles. The first-order valence-electron chi connectivity index (χ1n) is 17.1. The highest BCUT2D eigenvalue weighted by Gasteiger charge is 2.42. The number of carbonyl (C=O) groups excluding carboxylic acids is 2. The van der Waals surface area contributed by atoms with E-state index in [9.17, 15) is 4.79 Å². The van der Waals surface area contributed by atoms with Crippen molar-refractivity contribution in [3.63, 3.8) is 0 Å². The minimum atomic E-state index is -0.514. The van der Waals surface area contributed by atoms with Gasteiger partial charge in [0.2, 0.25) is 0 Å². The van der Waals surface area contributed by atoms with E-state index in [1.165, 1.54) is 0 Å². The molecule has 7 nitrogen and oxygen atoms in total. The molecule has 8 rings (SSSR count). The summed E-state index contributed by atoms with van der Waals surface area (Å²) in [6, 6.07) is 35.1. The number of para-hydroxylation sites is 1. The van der Waals surface area contributed by atoms with Crippen molar-refractivity contribution in [1.82, 2.24) is 14.2 Å². The van der Waals surface area contributed by atoms with Crippen molar-refractivity contribution in [1.29, 1.82) is 0 Å². The van der Waals surface area contributed by atoms with Gasteiger partial charge < -0.3 is 9.47 Å². The van der Waals surface area contributed by atoms with Gasteiger partial charge in [0.05, 0.1) is 35.4 Å². The van der Waals surface area contributed by atoms with Crippen LogP contribution in [0.4, 0.5) is 0 Å². The van der Waals surface area contributed by atoms with Gasteiger partial charge in [-0.15, -0.1) is 0 Å². The summed E-state index contributed by atoms with van der Waals surface area (Å²) in [4.78, 5) is 29.6. The van der Waals surface area contributed by atoms with Crippen molar-refractivity contribution >= 4 is 28.1 Å². The molecule has 0 atom stereocenters. The maximum absolute atomic E-state index is 15.0. The Morgan fingerprint density at radius 3 is 2.00 bits per heavy atom. The molecule has 0 N–H and O–H groups in total. The fraction of sp³-hybridized carbons (Fsp3) is 0.186. The van der Waals surface area contributed by atoms with Gasteiger partial charge in [-0.3, -0.25) is 14.0 Å². The molecule has 1 aliphatic rings. The minimum absolute atomic E-state index is 0.0634. The Labute approximate surface area is 290 Å². The molecule has 7 heteroatoms. The molecular formula is C43H37N3O4. The Bertz CT molecular complexity index is 2400. The number of ketones is 2. The third-order valence-electron chi connectivity index (χ3n) is 9.57. The second-order valence-electron chi connectivity index (χ2n) is 13.3. The van der Waals surface area contributed by atoms with E-state index < -0.39 is 5.41 Å². The minimum Gasteiger partial charge on any atom is -0.494 e. The topological polar surface area (TPSA) is 74.8 Å². The van der Waals surface area contributed by atoms with E-state index in [4.69, 9.17) is 14.6 Å². The lowest BCUT2D eigenvalue weighted by atomic mass is 9.71. The van der Waals surface area contributed by atoms with Crippen molar-refractivity contribution in [2.45, 2.75) is 39.5 Å². The molecule has 7 aromatic rings. The van der Waals surface area contributed by atoms with Gasteiger partial charge in [-0.25, -0.2) is 4.68 Å². The fourth-order valence-corrected chi connectivity index (χ4v) is 7.46. The number of carbonyl (C=O) groups is 2. The first-order valence-corrected chi connectivity index (χ1v) is 17.1. The number of pyridine rings is 1. The third-order valence-corrected chi connectivity index (χ3v) is 9.57. The molecule has 0 amide bonds. The van der Waals surface area contributed by atoms with E-state index in [1.54, 1.807) is 24.3 Å². The van der Waals surface area contributed by atoms with Crippen LogP contribution >= 0.6 is 0 Å². The van der Waals surface area contributed by atoms with Gasteiger partial charge in [0.25, 0.3) is 0 Å². The number of hydrogen-bond acceptors (Lipinski definition) is 5. The summed E-state index contributed by atoms with van der Waals surface area (Å²) in [5, 5.41) is 5.89. The molecule has 3 heterocycles. The first-order chi connectivity index (χ1) is 24.3. The third kappa shape index (κ3) is 5.00. The maximum atomic E-state index is 15.0. The second-order valence-corrected chi connectivity index (χ2v) is 13.3. The molecule has 0 saturated heterocycles. The predicted molar refractivity (Wildman–Crippen MR) is 197 cm³/mol. The SMILES string of the molecule is CCOc1ccc(C(=O)c2c3c4c(c(-c5ccc(OCC)cc5)cn4c4c2c(-c2ccccc2)nn4-c2ccccc2)C(C)(C)CC3=O)cc1. The van der Waals surface area contributed by atoms with Crippen LogP contribution in [-0.2, 0) is 5.41 Å². The monoisotopic (exact) mass is 659 g/mol. The van der Waals surface area contributed by atoms with E-state index in [1.807, 2.05) is 91.3 Å². The molecule has 1 aliphatic carbocycles. The van der Waals surface area contributed by atoms with Gasteiger partial charge in [0.1, 0.15) is 22.8 Å². The molecule has 3 aromatic heterocycles. The number of nitrogens with zero attached hydrogens (tertiary/aromatic N) is 3. The summed E-state index contributed by atoms with van der Waals surface area (Å²) in [5.74, 6) is 1.18. The summed E-state index contributed by atoms with van der Waals surface area (Å²) in [6.45, 7) is 9.22. The summed E-state index contributed by atoms with van der Waals surface area (Å²) < 4.78 is 15.5. The van der Waals surface area contributed by atoms with Gasteiger partial charge in [0.15, 0.2) is 11.6 Å². The van der Waals surface area contributed by atoms with Crippen LogP contribution in [0.1, 0.15) is 66.0 Å².